The summed E-state index contributed by atoms with van der Waals surface area (Å²) in [6.07, 6.45) is 2.70. The zero-order valence-electron chi connectivity index (χ0n) is 7.22. The van der Waals surface area contributed by atoms with Crippen LogP contribution < -0.4 is 10.6 Å². The zero-order chi connectivity index (χ0) is 9.10. The molecular formula is C8H12BrN3S. The quantitative estimate of drug-likeness (QED) is 0.798. The highest BCUT2D eigenvalue weighted by atomic mass is 79.9. The number of thiazole rings is 1. The molecule has 0 atom stereocenters. The fraction of sp³-hybridized carbons (Fsp3) is 0.625. The fourth-order valence-electron chi connectivity index (χ4n) is 1.07. The van der Waals surface area contributed by atoms with E-state index in [4.69, 9.17) is 0 Å². The average molecular weight is 262 g/mol. The van der Waals surface area contributed by atoms with Gasteiger partial charge in [0.25, 0.3) is 0 Å². The molecule has 1 aromatic heterocycles. The van der Waals surface area contributed by atoms with Crippen LogP contribution in [0.5, 0.6) is 0 Å². The molecule has 13 heavy (non-hydrogen) atoms. The molecule has 0 radical (unpaired) electrons. The lowest BCUT2D eigenvalue weighted by molar-refractivity contribution is 0.701. The Morgan fingerprint density at radius 3 is 3.00 bits per heavy atom. The highest BCUT2D eigenvalue weighted by Gasteiger charge is 2.19. The summed E-state index contributed by atoms with van der Waals surface area (Å²) in [5.74, 6) is 0. The number of hydrogen-bond donors (Lipinski definition) is 2. The van der Waals surface area contributed by atoms with E-state index in [1.165, 1.54) is 12.8 Å². The Morgan fingerprint density at radius 2 is 2.38 bits per heavy atom. The number of nitrogens with zero attached hydrogens (tertiary/aromatic N) is 1. The summed E-state index contributed by atoms with van der Waals surface area (Å²) in [5, 5.41) is 9.67. The molecule has 3 nitrogen and oxygen atoms in total. The van der Waals surface area contributed by atoms with E-state index >= 15 is 0 Å². The van der Waals surface area contributed by atoms with Gasteiger partial charge in [0.15, 0.2) is 5.13 Å². The molecular weight excluding hydrogens is 250 g/mol. The maximum Gasteiger partial charge on any atom is 0.183 e. The van der Waals surface area contributed by atoms with Crippen molar-refractivity contribution >= 4 is 32.4 Å². The van der Waals surface area contributed by atoms with Gasteiger partial charge in [-0.05, 0) is 28.8 Å². The Bertz CT molecular complexity index is 272. The predicted molar refractivity (Wildman–Crippen MR) is 59.3 cm³/mol. The van der Waals surface area contributed by atoms with Gasteiger partial charge >= 0.3 is 0 Å². The molecule has 1 saturated carbocycles. The molecule has 0 unspecified atom stereocenters. The van der Waals surface area contributed by atoms with Crippen LogP contribution in [0.15, 0.2) is 9.98 Å². The van der Waals surface area contributed by atoms with Crippen LogP contribution >= 0.6 is 27.3 Å². The summed E-state index contributed by atoms with van der Waals surface area (Å²) in [6.45, 7) is 1.98. The van der Waals surface area contributed by atoms with Crippen molar-refractivity contribution in [3.05, 3.63) is 9.98 Å². The SMILES string of the molecule is Brc1csc(NCCNC2CC2)n1. The van der Waals surface area contributed by atoms with Crippen LogP contribution in [0.2, 0.25) is 0 Å². The van der Waals surface area contributed by atoms with Crippen LogP contribution in [0.3, 0.4) is 0 Å². The van der Waals surface area contributed by atoms with E-state index in [9.17, 15) is 0 Å². The van der Waals surface area contributed by atoms with Gasteiger partial charge in [0, 0.05) is 24.5 Å². The molecule has 72 valence electrons. The van der Waals surface area contributed by atoms with E-state index in [1.54, 1.807) is 11.3 Å². The van der Waals surface area contributed by atoms with Crippen molar-refractivity contribution in [1.29, 1.82) is 0 Å². The van der Waals surface area contributed by atoms with E-state index in [0.717, 1.165) is 28.9 Å². The van der Waals surface area contributed by atoms with Crippen LogP contribution in [-0.4, -0.2) is 24.1 Å². The van der Waals surface area contributed by atoms with Crippen molar-refractivity contribution in [3.8, 4) is 0 Å². The summed E-state index contributed by atoms with van der Waals surface area (Å²) in [7, 11) is 0. The highest BCUT2D eigenvalue weighted by molar-refractivity contribution is 9.10. The largest absolute Gasteiger partial charge is 0.360 e. The molecule has 0 bridgehead atoms. The third-order valence-electron chi connectivity index (χ3n) is 1.89. The lowest BCUT2D eigenvalue weighted by atomic mass is 10.6. The highest BCUT2D eigenvalue weighted by Crippen LogP contribution is 2.19. The molecule has 2 N–H and O–H groups in total. The molecule has 0 aromatic carbocycles. The van der Waals surface area contributed by atoms with E-state index in [0.29, 0.717) is 0 Å². The summed E-state index contributed by atoms with van der Waals surface area (Å²) in [5.41, 5.74) is 0. The van der Waals surface area contributed by atoms with Crippen molar-refractivity contribution in [1.82, 2.24) is 10.3 Å². The van der Waals surface area contributed by atoms with Gasteiger partial charge in [-0.15, -0.1) is 11.3 Å². The minimum atomic E-state index is 0.796. The molecule has 0 spiro atoms. The smallest absolute Gasteiger partial charge is 0.183 e. The van der Waals surface area contributed by atoms with Crippen LogP contribution in [0, 0.1) is 0 Å². The number of nitrogens with one attached hydrogen (secondary N) is 2. The molecule has 0 amide bonds. The number of halogens is 1. The van der Waals surface area contributed by atoms with Gasteiger partial charge in [0.1, 0.15) is 4.60 Å². The lowest BCUT2D eigenvalue weighted by Gasteiger charge is -2.02. The maximum absolute atomic E-state index is 4.24. The molecule has 5 heteroatoms. The Hall–Kier alpha value is -0.130. The second-order valence-corrected chi connectivity index (χ2v) is 4.80. The summed E-state index contributed by atoms with van der Waals surface area (Å²) < 4.78 is 0.912. The van der Waals surface area contributed by atoms with Crippen molar-refractivity contribution in [2.75, 3.05) is 18.4 Å². The zero-order valence-corrected chi connectivity index (χ0v) is 9.62. The number of aromatic nitrogens is 1. The Balaban J connectivity index is 1.61. The van der Waals surface area contributed by atoms with Crippen molar-refractivity contribution < 1.29 is 0 Å². The van der Waals surface area contributed by atoms with Crippen LogP contribution in [-0.2, 0) is 0 Å². The second-order valence-electron chi connectivity index (χ2n) is 3.13. The summed E-state index contributed by atoms with van der Waals surface area (Å²) in [6, 6.07) is 0.796. The van der Waals surface area contributed by atoms with E-state index in [1.807, 2.05) is 5.38 Å². The fourth-order valence-corrected chi connectivity index (χ4v) is 2.24. The first-order chi connectivity index (χ1) is 6.34. The van der Waals surface area contributed by atoms with Crippen LogP contribution in [0.4, 0.5) is 5.13 Å². The summed E-state index contributed by atoms with van der Waals surface area (Å²) in [4.78, 5) is 4.24. The van der Waals surface area contributed by atoms with Gasteiger partial charge in [-0.1, -0.05) is 0 Å². The van der Waals surface area contributed by atoms with Gasteiger partial charge in [-0.25, -0.2) is 4.98 Å². The minimum Gasteiger partial charge on any atom is -0.360 e. The topological polar surface area (TPSA) is 37.0 Å². The van der Waals surface area contributed by atoms with E-state index < -0.39 is 0 Å². The molecule has 1 fully saturated rings. The number of anilines is 1. The molecule has 2 rings (SSSR count). The maximum atomic E-state index is 4.24. The summed E-state index contributed by atoms with van der Waals surface area (Å²) >= 11 is 4.95. The van der Waals surface area contributed by atoms with E-state index in [2.05, 4.69) is 31.5 Å². The first-order valence-corrected chi connectivity index (χ1v) is 6.10. The van der Waals surface area contributed by atoms with E-state index in [-0.39, 0.29) is 0 Å². The number of hydrogen-bond acceptors (Lipinski definition) is 4. The van der Waals surface area contributed by atoms with Gasteiger partial charge in [0.2, 0.25) is 0 Å². The molecule has 1 aliphatic rings. The van der Waals surface area contributed by atoms with Crippen molar-refractivity contribution in [3.63, 3.8) is 0 Å². The standard InChI is InChI=1S/C8H12BrN3S/c9-7-5-13-8(12-7)11-4-3-10-6-1-2-6/h5-6,10H,1-4H2,(H,11,12). The molecule has 1 aliphatic carbocycles. The average Bonchev–Trinajstić information content (AvgIpc) is 2.84. The monoisotopic (exact) mass is 261 g/mol. The van der Waals surface area contributed by atoms with Gasteiger partial charge in [0.05, 0.1) is 0 Å². The van der Waals surface area contributed by atoms with Crippen molar-refractivity contribution in [2.45, 2.75) is 18.9 Å². The Labute approximate surface area is 90.1 Å². The first kappa shape index (κ1) is 9.43. The minimum absolute atomic E-state index is 0.796. The first-order valence-electron chi connectivity index (χ1n) is 4.43. The predicted octanol–water partition coefficient (Wildman–Crippen LogP) is 2.07. The third kappa shape index (κ3) is 3.25. The Kier molecular flexibility index (Phi) is 3.18. The lowest BCUT2D eigenvalue weighted by Crippen LogP contribution is -2.23. The van der Waals surface area contributed by atoms with Crippen LogP contribution in [0.25, 0.3) is 0 Å². The van der Waals surface area contributed by atoms with Crippen LogP contribution in [0.1, 0.15) is 12.8 Å². The van der Waals surface area contributed by atoms with Gasteiger partial charge in [-0.3, -0.25) is 0 Å². The van der Waals surface area contributed by atoms with Crippen molar-refractivity contribution in [2.24, 2.45) is 0 Å². The second kappa shape index (κ2) is 4.39. The normalized spacial score (nSPS) is 16.1. The molecule has 1 heterocycles. The third-order valence-corrected chi connectivity index (χ3v) is 3.40. The van der Waals surface area contributed by atoms with Gasteiger partial charge < -0.3 is 10.6 Å². The molecule has 0 aliphatic heterocycles. The molecule has 0 saturated heterocycles. The number of rotatable bonds is 5. The van der Waals surface area contributed by atoms with Gasteiger partial charge in [-0.2, -0.15) is 0 Å². The Morgan fingerprint density at radius 1 is 1.54 bits per heavy atom. The molecule has 1 aromatic rings.